The lowest BCUT2D eigenvalue weighted by molar-refractivity contribution is 0.475. The maximum atomic E-state index is 13.7. The number of hydrogen-bond acceptors (Lipinski definition) is 1. The van der Waals surface area contributed by atoms with Crippen molar-refractivity contribution in [3.8, 4) is 0 Å². The summed E-state index contributed by atoms with van der Waals surface area (Å²) in [5.41, 5.74) is 7.00. The van der Waals surface area contributed by atoms with E-state index < -0.39 is 5.54 Å². The van der Waals surface area contributed by atoms with Crippen LogP contribution >= 0.6 is 27.5 Å². The van der Waals surface area contributed by atoms with Crippen LogP contribution in [0.1, 0.15) is 18.1 Å². The molecular weight excluding hydrogens is 329 g/mol. The van der Waals surface area contributed by atoms with Gasteiger partial charge in [0.05, 0.1) is 0 Å². The van der Waals surface area contributed by atoms with Crippen LogP contribution in [0.2, 0.25) is 5.02 Å². The van der Waals surface area contributed by atoms with Gasteiger partial charge in [-0.15, -0.1) is 0 Å². The third kappa shape index (κ3) is 3.35. The maximum absolute atomic E-state index is 13.7. The Labute approximate surface area is 125 Å². The summed E-state index contributed by atoms with van der Waals surface area (Å²) in [6.07, 6.45) is 0.390. The van der Waals surface area contributed by atoms with Crippen molar-refractivity contribution in [1.82, 2.24) is 0 Å². The van der Waals surface area contributed by atoms with Gasteiger partial charge in [0.15, 0.2) is 0 Å². The van der Waals surface area contributed by atoms with Gasteiger partial charge < -0.3 is 5.73 Å². The zero-order valence-electron chi connectivity index (χ0n) is 10.5. The van der Waals surface area contributed by atoms with Crippen LogP contribution in [0.15, 0.2) is 46.9 Å². The number of rotatable bonds is 3. The molecule has 1 nitrogen and oxygen atoms in total. The van der Waals surface area contributed by atoms with Gasteiger partial charge in [-0.2, -0.15) is 0 Å². The van der Waals surface area contributed by atoms with Gasteiger partial charge in [0, 0.05) is 15.0 Å². The Morgan fingerprint density at radius 2 is 1.95 bits per heavy atom. The molecule has 0 fully saturated rings. The molecule has 0 aliphatic heterocycles. The average Bonchev–Trinajstić information content (AvgIpc) is 2.31. The van der Waals surface area contributed by atoms with Crippen LogP contribution in [0.4, 0.5) is 4.39 Å². The molecule has 0 saturated carbocycles. The lowest BCUT2D eigenvalue weighted by Gasteiger charge is -2.27. The Morgan fingerprint density at radius 3 is 2.58 bits per heavy atom. The van der Waals surface area contributed by atoms with E-state index in [0.717, 1.165) is 10.0 Å². The zero-order chi connectivity index (χ0) is 14.0. The van der Waals surface area contributed by atoms with E-state index in [-0.39, 0.29) is 5.82 Å². The van der Waals surface area contributed by atoms with Crippen molar-refractivity contribution in [2.24, 2.45) is 5.73 Å². The van der Waals surface area contributed by atoms with Crippen LogP contribution < -0.4 is 5.73 Å². The minimum Gasteiger partial charge on any atom is -0.321 e. The third-order valence-electron chi connectivity index (χ3n) is 3.06. The largest absolute Gasteiger partial charge is 0.321 e. The van der Waals surface area contributed by atoms with E-state index in [2.05, 4.69) is 15.9 Å². The standard InChI is InChI=1S/C15H14BrClFN/c1-15(19,9-10-4-2-3-5-14(10)18)12-7-6-11(16)8-13(12)17/h2-8H,9,19H2,1H3. The molecule has 0 radical (unpaired) electrons. The number of halogens is 3. The summed E-state index contributed by atoms with van der Waals surface area (Å²) in [7, 11) is 0. The van der Waals surface area contributed by atoms with Crippen LogP contribution in [0.25, 0.3) is 0 Å². The Balaban J connectivity index is 2.35. The molecule has 0 amide bonds. The molecule has 0 saturated heterocycles. The maximum Gasteiger partial charge on any atom is 0.126 e. The Hall–Kier alpha value is -0.900. The fraction of sp³-hybridized carbons (Fsp3) is 0.200. The first-order chi connectivity index (χ1) is 8.90. The van der Waals surface area contributed by atoms with E-state index in [0.29, 0.717) is 17.0 Å². The molecule has 4 heteroatoms. The highest BCUT2D eigenvalue weighted by Gasteiger charge is 2.25. The summed E-state index contributed by atoms with van der Waals surface area (Å²) >= 11 is 9.57. The van der Waals surface area contributed by atoms with E-state index in [1.165, 1.54) is 6.07 Å². The van der Waals surface area contributed by atoms with Gasteiger partial charge in [0.25, 0.3) is 0 Å². The zero-order valence-corrected chi connectivity index (χ0v) is 12.8. The van der Waals surface area contributed by atoms with Crippen LogP contribution in [0.5, 0.6) is 0 Å². The van der Waals surface area contributed by atoms with Gasteiger partial charge in [-0.3, -0.25) is 0 Å². The molecule has 1 atom stereocenters. The first kappa shape index (κ1) is 14.5. The SMILES string of the molecule is CC(N)(Cc1ccccc1F)c1ccc(Br)cc1Cl. The minimum absolute atomic E-state index is 0.243. The molecule has 0 bridgehead atoms. The first-order valence-electron chi connectivity index (χ1n) is 5.88. The molecule has 2 aromatic rings. The molecule has 0 aliphatic carbocycles. The van der Waals surface area contributed by atoms with E-state index >= 15 is 0 Å². The van der Waals surface area contributed by atoms with Crippen molar-refractivity contribution in [2.75, 3.05) is 0 Å². The highest BCUT2D eigenvalue weighted by atomic mass is 79.9. The molecule has 2 rings (SSSR count). The molecule has 2 aromatic carbocycles. The van der Waals surface area contributed by atoms with Crippen molar-refractivity contribution < 1.29 is 4.39 Å². The fourth-order valence-corrected chi connectivity index (χ4v) is 2.97. The molecule has 2 N–H and O–H groups in total. The minimum atomic E-state index is -0.722. The molecule has 1 unspecified atom stereocenters. The second-order valence-electron chi connectivity index (χ2n) is 4.81. The molecule has 0 heterocycles. The third-order valence-corrected chi connectivity index (χ3v) is 3.87. The Kier molecular flexibility index (Phi) is 4.29. The molecule has 0 spiro atoms. The quantitative estimate of drug-likeness (QED) is 0.862. The second kappa shape index (κ2) is 5.61. The van der Waals surface area contributed by atoms with Crippen LogP contribution in [0.3, 0.4) is 0 Å². The molecule has 0 aliphatic rings. The Bertz CT molecular complexity index is 598. The van der Waals surface area contributed by atoms with Gasteiger partial charge in [0.1, 0.15) is 5.82 Å². The molecule has 100 valence electrons. The summed E-state index contributed by atoms with van der Waals surface area (Å²) in [6.45, 7) is 1.86. The van der Waals surface area contributed by atoms with Crippen molar-refractivity contribution >= 4 is 27.5 Å². The Morgan fingerprint density at radius 1 is 1.26 bits per heavy atom. The summed E-state index contributed by atoms with van der Waals surface area (Å²) in [4.78, 5) is 0. The van der Waals surface area contributed by atoms with E-state index in [1.807, 2.05) is 19.1 Å². The number of benzene rings is 2. The van der Waals surface area contributed by atoms with E-state index in [9.17, 15) is 4.39 Å². The van der Waals surface area contributed by atoms with Gasteiger partial charge in [-0.1, -0.05) is 51.8 Å². The first-order valence-corrected chi connectivity index (χ1v) is 7.05. The molecular formula is C15H14BrClFN. The van der Waals surface area contributed by atoms with Gasteiger partial charge in [0.2, 0.25) is 0 Å². The smallest absolute Gasteiger partial charge is 0.126 e. The van der Waals surface area contributed by atoms with Crippen LogP contribution in [-0.2, 0) is 12.0 Å². The summed E-state index contributed by atoms with van der Waals surface area (Å²) in [5.74, 6) is -0.243. The van der Waals surface area contributed by atoms with Crippen molar-refractivity contribution in [1.29, 1.82) is 0 Å². The highest BCUT2D eigenvalue weighted by Crippen LogP contribution is 2.31. The lowest BCUT2D eigenvalue weighted by Crippen LogP contribution is -2.36. The molecule has 19 heavy (non-hydrogen) atoms. The summed E-state index contributed by atoms with van der Waals surface area (Å²) in [5, 5.41) is 0.579. The topological polar surface area (TPSA) is 26.0 Å². The number of hydrogen-bond donors (Lipinski definition) is 1. The molecule has 0 aromatic heterocycles. The van der Waals surface area contributed by atoms with E-state index in [1.54, 1.807) is 24.3 Å². The van der Waals surface area contributed by atoms with Crippen molar-refractivity contribution in [2.45, 2.75) is 18.9 Å². The van der Waals surface area contributed by atoms with Gasteiger partial charge in [-0.25, -0.2) is 4.39 Å². The predicted molar refractivity (Wildman–Crippen MR) is 80.8 cm³/mol. The van der Waals surface area contributed by atoms with Crippen LogP contribution in [0, 0.1) is 5.82 Å². The summed E-state index contributed by atoms with van der Waals surface area (Å²) < 4.78 is 14.6. The highest BCUT2D eigenvalue weighted by molar-refractivity contribution is 9.10. The summed E-state index contributed by atoms with van der Waals surface area (Å²) in [6, 6.07) is 12.2. The lowest BCUT2D eigenvalue weighted by atomic mass is 9.86. The number of nitrogens with two attached hydrogens (primary N) is 1. The van der Waals surface area contributed by atoms with Gasteiger partial charge in [-0.05, 0) is 42.7 Å². The monoisotopic (exact) mass is 341 g/mol. The van der Waals surface area contributed by atoms with Crippen molar-refractivity contribution in [3.63, 3.8) is 0 Å². The predicted octanol–water partition coefficient (Wildman–Crippen LogP) is 4.66. The fourth-order valence-electron chi connectivity index (χ4n) is 2.09. The van der Waals surface area contributed by atoms with Gasteiger partial charge >= 0.3 is 0 Å². The normalized spacial score (nSPS) is 14.2. The van der Waals surface area contributed by atoms with Crippen LogP contribution in [-0.4, -0.2) is 0 Å². The van der Waals surface area contributed by atoms with Crippen molar-refractivity contribution in [3.05, 3.63) is 68.9 Å². The second-order valence-corrected chi connectivity index (χ2v) is 6.13. The van der Waals surface area contributed by atoms with E-state index in [4.69, 9.17) is 17.3 Å². The average molecular weight is 343 g/mol.